The van der Waals surface area contributed by atoms with E-state index < -0.39 is 43.9 Å². The summed E-state index contributed by atoms with van der Waals surface area (Å²) in [6.07, 6.45) is 0. The molecule has 0 amide bonds. The van der Waals surface area contributed by atoms with Gasteiger partial charge in [-0.2, -0.15) is 0 Å². The predicted octanol–water partition coefficient (Wildman–Crippen LogP) is 2.63. The van der Waals surface area contributed by atoms with Gasteiger partial charge in [-0.05, 0) is 30.3 Å². The fraction of sp³-hybridized carbons (Fsp3) is 0. The average Bonchev–Trinajstić information content (AvgIpc) is 2.42. The lowest BCUT2D eigenvalue weighted by molar-refractivity contribution is 0.449. The smallest absolute Gasteiger partial charge is 0.264 e. The van der Waals surface area contributed by atoms with Crippen molar-refractivity contribution < 1.29 is 26.0 Å². The van der Waals surface area contributed by atoms with Gasteiger partial charge in [-0.1, -0.05) is 0 Å². The maximum atomic E-state index is 13.5. The van der Waals surface area contributed by atoms with Crippen LogP contribution in [0.4, 0.5) is 28.9 Å². The predicted molar refractivity (Wildman–Crippen MR) is 67.9 cm³/mol. The second kappa shape index (κ2) is 5.24. The monoisotopic (exact) mass is 320 g/mol. The van der Waals surface area contributed by atoms with E-state index >= 15 is 0 Å². The third-order valence-electron chi connectivity index (χ3n) is 2.52. The number of nitrogens with one attached hydrogen (secondary N) is 1. The Bertz CT molecular complexity index is 809. The van der Waals surface area contributed by atoms with E-state index in [9.17, 15) is 26.0 Å². The molecule has 0 spiro atoms. The molecule has 0 aliphatic heterocycles. The Morgan fingerprint density at radius 2 is 1.52 bits per heavy atom. The van der Waals surface area contributed by atoms with Gasteiger partial charge in [-0.15, -0.1) is 0 Å². The summed E-state index contributed by atoms with van der Waals surface area (Å²) in [5.74, 6) is -6.18. The summed E-state index contributed by atoms with van der Waals surface area (Å²) in [6, 6.07) is 3.97. The summed E-state index contributed by atoms with van der Waals surface area (Å²) in [4.78, 5) is -0.841. The minimum absolute atomic E-state index is 0.0393. The van der Waals surface area contributed by atoms with Crippen LogP contribution in [0.15, 0.2) is 35.2 Å². The Morgan fingerprint density at radius 1 is 0.905 bits per heavy atom. The van der Waals surface area contributed by atoms with Gasteiger partial charge in [0.25, 0.3) is 10.0 Å². The Labute approximate surface area is 117 Å². The molecule has 3 N–H and O–H groups in total. The molecule has 0 fully saturated rings. The van der Waals surface area contributed by atoms with E-state index in [1.54, 1.807) is 4.72 Å². The normalized spacial score (nSPS) is 11.4. The van der Waals surface area contributed by atoms with Crippen LogP contribution in [0.1, 0.15) is 0 Å². The SMILES string of the molecule is Nc1ccc(F)c(S(=O)(=O)Nc2ccc(F)c(F)c2F)c1. The average molecular weight is 320 g/mol. The Kier molecular flexibility index (Phi) is 3.77. The van der Waals surface area contributed by atoms with Crippen LogP contribution in [-0.2, 0) is 10.0 Å². The van der Waals surface area contributed by atoms with Crippen molar-refractivity contribution in [1.29, 1.82) is 0 Å². The van der Waals surface area contributed by atoms with E-state index in [0.29, 0.717) is 12.1 Å². The van der Waals surface area contributed by atoms with Crippen molar-refractivity contribution in [3.05, 3.63) is 53.6 Å². The molecule has 0 saturated carbocycles. The lowest BCUT2D eigenvalue weighted by Gasteiger charge is -2.10. The van der Waals surface area contributed by atoms with Crippen molar-refractivity contribution in [3.8, 4) is 0 Å². The molecule has 0 atom stereocenters. The molecular formula is C12H8F4N2O2S. The molecule has 4 nitrogen and oxygen atoms in total. The molecule has 2 rings (SSSR count). The third-order valence-corrected chi connectivity index (χ3v) is 3.90. The first-order chi connectivity index (χ1) is 9.72. The highest BCUT2D eigenvalue weighted by atomic mass is 32.2. The van der Waals surface area contributed by atoms with E-state index in [1.807, 2.05) is 0 Å². The van der Waals surface area contributed by atoms with E-state index in [4.69, 9.17) is 5.73 Å². The number of anilines is 2. The van der Waals surface area contributed by atoms with E-state index in [1.165, 1.54) is 0 Å². The van der Waals surface area contributed by atoms with Crippen molar-refractivity contribution in [2.24, 2.45) is 0 Å². The van der Waals surface area contributed by atoms with Crippen LogP contribution in [0, 0.1) is 23.3 Å². The molecule has 0 heterocycles. The highest BCUT2D eigenvalue weighted by Gasteiger charge is 2.23. The number of rotatable bonds is 3. The maximum absolute atomic E-state index is 13.5. The number of hydrogen-bond donors (Lipinski definition) is 2. The molecule has 0 aliphatic rings. The molecule has 0 aromatic heterocycles. The number of hydrogen-bond acceptors (Lipinski definition) is 3. The fourth-order valence-corrected chi connectivity index (χ4v) is 2.70. The Morgan fingerprint density at radius 3 is 2.19 bits per heavy atom. The molecule has 9 heteroatoms. The third kappa shape index (κ3) is 2.92. The van der Waals surface area contributed by atoms with Gasteiger partial charge in [0, 0.05) is 5.69 Å². The molecule has 2 aromatic rings. The van der Waals surface area contributed by atoms with Gasteiger partial charge in [0.05, 0.1) is 5.69 Å². The molecule has 21 heavy (non-hydrogen) atoms. The number of halogens is 4. The van der Waals surface area contributed by atoms with Crippen LogP contribution in [-0.4, -0.2) is 8.42 Å². The lowest BCUT2D eigenvalue weighted by Crippen LogP contribution is -2.16. The summed E-state index contributed by atoms with van der Waals surface area (Å²) in [5, 5.41) is 0. The molecule has 112 valence electrons. The van der Waals surface area contributed by atoms with E-state index in [-0.39, 0.29) is 5.69 Å². The van der Waals surface area contributed by atoms with Gasteiger partial charge >= 0.3 is 0 Å². The first-order valence-corrected chi connectivity index (χ1v) is 6.92. The van der Waals surface area contributed by atoms with Crippen molar-refractivity contribution in [1.82, 2.24) is 0 Å². The maximum Gasteiger partial charge on any atom is 0.264 e. The molecule has 0 unspecified atom stereocenters. The number of sulfonamides is 1. The van der Waals surface area contributed by atoms with Crippen LogP contribution < -0.4 is 10.5 Å². The van der Waals surface area contributed by atoms with Crippen molar-refractivity contribution in [2.75, 3.05) is 10.5 Å². The Hall–Kier alpha value is -2.29. The fourth-order valence-electron chi connectivity index (χ4n) is 1.53. The number of nitrogen functional groups attached to an aromatic ring is 1. The summed E-state index contributed by atoms with van der Waals surface area (Å²) in [6.45, 7) is 0. The number of benzene rings is 2. The summed E-state index contributed by atoms with van der Waals surface area (Å²) in [7, 11) is -4.55. The van der Waals surface area contributed by atoms with Gasteiger partial charge in [0.15, 0.2) is 17.5 Å². The minimum Gasteiger partial charge on any atom is -0.399 e. The zero-order valence-corrected chi connectivity index (χ0v) is 11.0. The number of nitrogens with two attached hydrogens (primary N) is 1. The largest absolute Gasteiger partial charge is 0.399 e. The van der Waals surface area contributed by atoms with Crippen LogP contribution in [0.5, 0.6) is 0 Å². The van der Waals surface area contributed by atoms with Gasteiger partial charge in [-0.25, -0.2) is 26.0 Å². The van der Waals surface area contributed by atoms with Gasteiger partial charge in [-0.3, -0.25) is 4.72 Å². The highest BCUT2D eigenvalue weighted by molar-refractivity contribution is 7.92. The van der Waals surface area contributed by atoms with Crippen molar-refractivity contribution in [3.63, 3.8) is 0 Å². The lowest BCUT2D eigenvalue weighted by atomic mass is 10.3. The van der Waals surface area contributed by atoms with E-state index in [0.717, 1.165) is 18.2 Å². The zero-order chi connectivity index (χ0) is 15.8. The molecule has 0 radical (unpaired) electrons. The molecular weight excluding hydrogens is 312 g/mol. The first kappa shape index (κ1) is 15.1. The van der Waals surface area contributed by atoms with Gasteiger partial charge < -0.3 is 5.73 Å². The summed E-state index contributed by atoms with van der Waals surface area (Å²) >= 11 is 0. The zero-order valence-electron chi connectivity index (χ0n) is 10.2. The standard InChI is InChI=1S/C12H8F4N2O2S/c13-7-2-1-6(17)5-10(7)21(19,20)18-9-4-3-8(14)11(15)12(9)16/h1-5,18H,17H2. The second-order valence-corrected chi connectivity index (χ2v) is 5.67. The van der Waals surface area contributed by atoms with Crippen LogP contribution >= 0.6 is 0 Å². The van der Waals surface area contributed by atoms with Crippen LogP contribution in [0.2, 0.25) is 0 Å². The molecule has 0 saturated heterocycles. The minimum atomic E-state index is -4.55. The van der Waals surface area contributed by atoms with Gasteiger partial charge in [0.2, 0.25) is 0 Å². The van der Waals surface area contributed by atoms with Crippen LogP contribution in [0.25, 0.3) is 0 Å². The Balaban J connectivity index is 2.47. The molecule has 2 aromatic carbocycles. The summed E-state index contributed by atoms with van der Waals surface area (Å²) in [5.41, 5.74) is 4.46. The summed E-state index contributed by atoms with van der Waals surface area (Å²) < 4.78 is 78.2. The van der Waals surface area contributed by atoms with Crippen molar-refractivity contribution in [2.45, 2.75) is 4.90 Å². The topological polar surface area (TPSA) is 72.2 Å². The highest BCUT2D eigenvalue weighted by Crippen LogP contribution is 2.24. The quantitative estimate of drug-likeness (QED) is 0.519. The van der Waals surface area contributed by atoms with E-state index in [2.05, 4.69) is 0 Å². The van der Waals surface area contributed by atoms with Crippen molar-refractivity contribution >= 4 is 21.4 Å². The first-order valence-electron chi connectivity index (χ1n) is 5.43. The van der Waals surface area contributed by atoms with Gasteiger partial charge in [0.1, 0.15) is 10.7 Å². The van der Waals surface area contributed by atoms with Crippen LogP contribution in [0.3, 0.4) is 0 Å². The molecule has 0 bridgehead atoms. The molecule has 0 aliphatic carbocycles. The second-order valence-electron chi connectivity index (χ2n) is 4.02.